The van der Waals surface area contributed by atoms with Crippen LogP contribution < -0.4 is 0 Å². The van der Waals surface area contributed by atoms with Gasteiger partial charge in [-0.1, -0.05) is 23.8 Å². The monoisotopic (exact) mass is 156 g/mol. The van der Waals surface area contributed by atoms with Crippen LogP contribution in [-0.4, -0.2) is 0 Å². The minimum atomic E-state index is 0.824. The molecule has 5 aliphatic rings. The normalized spacial score (nSPS) is 67.5. The Morgan fingerprint density at radius 2 is 2.17 bits per heavy atom. The lowest BCUT2D eigenvalue weighted by molar-refractivity contribution is 0.0420. The van der Waals surface area contributed by atoms with Gasteiger partial charge in [0.2, 0.25) is 0 Å². The third kappa shape index (κ3) is 0.316. The average molecular weight is 156 g/mol. The van der Waals surface area contributed by atoms with E-state index in [1.54, 1.807) is 12.8 Å². The van der Waals surface area contributed by atoms with Crippen LogP contribution in [-0.2, 0) is 0 Å². The van der Waals surface area contributed by atoms with Gasteiger partial charge in [-0.05, 0) is 41.9 Å². The van der Waals surface area contributed by atoms with Crippen molar-refractivity contribution < 1.29 is 0 Å². The number of allylic oxidation sites excluding steroid dienone is 4. The number of hydrogen-bond donors (Lipinski definition) is 0. The SMILES string of the molecule is C1=CC1C1CC23CC4C(C=C12)C43. The van der Waals surface area contributed by atoms with Crippen molar-refractivity contribution in [2.24, 2.45) is 35.0 Å². The smallest absolute Gasteiger partial charge is 0.00130 e. The molecule has 0 heteroatoms. The summed E-state index contributed by atoms with van der Waals surface area (Å²) in [4.78, 5) is 0. The van der Waals surface area contributed by atoms with E-state index in [4.69, 9.17) is 0 Å². The zero-order valence-corrected chi connectivity index (χ0v) is 7.03. The molecular weight excluding hydrogens is 144 g/mol. The Bertz CT molecular complexity index is 356. The van der Waals surface area contributed by atoms with Gasteiger partial charge in [0.15, 0.2) is 0 Å². The maximum Gasteiger partial charge on any atom is 0.00130 e. The Hall–Kier alpha value is -0.520. The van der Waals surface area contributed by atoms with E-state index in [1.807, 2.05) is 5.57 Å². The molecule has 5 unspecified atom stereocenters. The van der Waals surface area contributed by atoms with Crippen molar-refractivity contribution in [3.05, 3.63) is 23.8 Å². The first kappa shape index (κ1) is 5.26. The lowest BCUT2D eigenvalue weighted by Crippen LogP contribution is -2.48. The van der Waals surface area contributed by atoms with Gasteiger partial charge < -0.3 is 0 Å². The summed E-state index contributed by atoms with van der Waals surface area (Å²) in [6.45, 7) is 0. The molecule has 12 heavy (non-hydrogen) atoms. The molecule has 5 aliphatic carbocycles. The summed E-state index contributed by atoms with van der Waals surface area (Å²) in [7, 11) is 0. The molecule has 0 nitrogen and oxygen atoms in total. The highest BCUT2D eigenvalue weighted by molar-refractivity contribution is 5.50. The summed E-state index contributed by atoms with van der Waals surface area (Å²) in [6, 6.07) is 0. The molecule has 0 amide bonds. The first-order valence-electron chi connectivity index (χ1n) is 5.31. The van der Waals surface area contributed by atoms with Gasteiger partial charge in [-0.2, -0.15) is 0 Å². The second-order valence-electron chi connectivity index (χ2n) is 5.52. The van der Waals surface area contributed by atoms with E-state index in [2.05, 4.69) is 18.2 Å². The number of rotatable bonds is 1. The summed E-state index contributed by atoms with van der Waals surface area (Å²) >= 11 is 0. The van der Waals surface area contributed by atoms with Crippen LogP contribution in [0.25, 0.3) is 0 Å². The molecule has 0 aromatic carbocycles. The van der Waals surface area contributed by atoms with Gasteiger partial charge in [0.1, 0.15) is 0 Å². The Balaban J connectivity index is 1.63. The van der Waals surface area contributed by atoms with Crippen molar-refractivity contribution in [3.8, 4) is 0 Å². The fourth-order valence-corrected chi connectivity index (χ4v) is 4.63. The molecule has 0 radical (unpaired) electrons. The molecule has 0 saturated heterocycles. The van der Waals surface area contributed by atoms with E-state index in [0.717, 1.165) is 23.2 Å². The van der Waals surface area contributed by atoms with Crippen molar-refractivity contribution in [2.45, 2.75) is 12.8 Å². The van der Waals surface area contributed by atoms with E-state index >= 15 is 0 Å². The van der Waals surface area contributed by atoms with Crippen LogP contribution in [0.3, 0.4) is 0 Å². The predicted octanol–water partition coefficient (Wildman–Crippen LogP) is 2.38. The molecular formula is C12H12. The molecule has 0 aromatic heterocycles. The molecule has 0 heterocycles. The van der Waals surface area contributed by atoms with E-state index in [9.17, 15) is 0 Å². The van der Waals surface area contributed by atoms with Gasteiger partial charge in [-0.25, -0.2) is 0 Å². The minimum absolute atomic E-state index is 0.824. The van der Waals surface area contributed by atoms with E-state index in [-0.39, 0.29) is 0 Å². The van der Waals surface area contributed by atoms with Crippen LogP contribution >= 0.6 is 0 Å². The first-order chi connectivity index (χ1) is 5.90. The zero-order valence-electron chi connectivity index (χ0n) is 7.03. The van der Waals surface area contributed by atoms with Crippen LogP contribution in [0.5, 0.6) is 0 Å². The molecule has 5 atom stereocenters. The molecule has 3 fully saturated rings. The third-order valence-corrected chi connectivity index (χ3v) is 5.28. The Morgan fingerprint density at radius 3 is 2.83 bits per heavy atom. The summed E-state index contributed by atoms with van der Waals surface area (Å²) < 4.78 is 0. The third-order valence-electron chi connectivity index (χ3n) is 5.28. The van der Waals surface area contributed by atoms with Crippen molar-refractivity contribution in [2.75, 3.05) is 0 Å². The molecule has 60 valence electrons. The standard InChI is InChI=1S/C12H12/c1-2-6(1)8-4-12-5-9-7(11(9)12)3-10(8)12/h1-3,6-9,11H,4-5H2. The van der Waals surface area contributed by atoms with Crippen molar-refractivity contribution in [3.63, 3.8) is 0 Å². The van der Waals surface area contributed by atoms with Gasteiger partial charge in [0.25, 0.3) is 0 Å². The number of hydrogen-bond acceptors (Lipinski definition) is 0. The maximum absolute atomic E-state index is 2.66. The van der Waals surface area contributed by atoms with Crippen molar-refractivity contribution in [1.82, 2.24) is 0 Å². The lowest BCUT2D eigenvalue weighted by Gasteiger charge is -2.56. The topological polar surface area (TPSA) is 0 Å². The highest BCUT2D eigenvalue weighted by Gasteiger charge is 2.79. The molecule has 3 saturated carbocycles. The molecule has 0 bridgehead atoms. The molecule has 0 aliphatic heterocycles. The predicted molar refractivity (Wildman–Crippen MR) is 46.3 cm³/mol. The van der Waals surface area contributed by atoms with Crippen molar-refractivity contribution in [1.29, 1.82) is 0 Å². The van der Waals surface area contributed by atoms with Gasteiger partial charge in [0.05, 0.1) is 0 Å². The minimum Gasteiger partial charge on any atom is -0.0807 e. The maximum atomic E-state index is 2.66. The molecule has 1 spiro atoms. The van der Waals surface area contributed by atoms with Crippen LogP contribution in [0.4, 0.5) is 0 Å². The van der Waals surface area contributed by atoms with Crippen LogP contribution in [0.2, 0.25) is 0 Å². The largest absolute Gasteiger partial charge is 0.0807 e. The summed E-state index contributed by atoms with van der Waals surface area (Å²) in [5.74, 6) is 5.30. The van der Waals surface area contributed by atoms with E-state index in [0.29, 0.717) is 0 Å². The van der Waals surface area contributed by atoms with Gasteiger partial charge >= 0.3 is 0 Å². The van der Waals surface area contributed by atoms with E-state index in [1.165, 1.54) is 11.8 Å². The Kier molecular flexibility index (Phi) is 0.509. The van der Waals surface area contributed by atoms with Crippen LogP contribution in [0, 0.1) is 35.0 Å². The Morgan fingerprint density at radius 1 is 1.25 bits per heavy atom. The molecule has 0 aromatic rings. The molecule has 0 N–H and O–H groups in total. The van der Waals surface area contributed by atoms with Gasteiger partial charge in [-0.15, -0.1) is 0 Å². The average Bonchev–Trinajstić information content (AvgIpc) is 2.81. The summed E-state index contributed by atoms with van der Waals surface area (Å²) in [5.41, 5.74) is 2.72. The van der Waals surface area contributed by atoms with Gasteiger partial charge in [0, 0.05) is 5.92 Å². The van der Waals surface area contributed by atoms with Crippen LogP contribution in [0.15, 0.2) is 23.8 Å². The second kappa shape index (κ2) is 1.16. The van der Waals surface area contributed by atoms with E-state index < -0.39 is 0 Å². The lowest BCUT2D eigenvalue weighted by atomic mass is 9.48. The second-order valence-corrected chi connectivity index (χ2v) is 5.52. The number of fused-ring (bicyclic) bond motifs is 1. The first-order valence-corrected chi connectivity index (χ1v) is 5.31. The highest BCUT2D eigenvalue weighted by Crippen LogP contribution is 2.86. The highest BCUT2D eigenvalue weighted by atomic mass is 14.8. The Labute approximate surface area is 72.3 Å². The van der Waals surface area contributed by atoms with Crippen LogP contribution in [0.1, 0.15) is 12.8 Å². The zero-order chi connectivity index (χ0) is 7.50. The quantitative estimate of drug-likeness (QED) is 0.511. The van der Waals surface area contributed by atoms with Crippen molar-refractivity contribution >= 4 is 0 Å². The fraction of sp³-hybridized carbons (Fsp3) is 0.667. The summed E-state index contributed by atoms with van der Waals surface area (Å²) in [6.07, 6.45) is 10.6. The molecule has 5 rings (SSSR count). The fourth-order valence-electron chi connectivity index (χ4n) is 4.63. The summed E-state index contributed by atoms with van der Waals surface area (Å²) in [5, 5.41) is 0. The van der Waals surface area contributed by atoms with Gasteiger partial charge in [-0.3, -0.25) is 0 Å².